The summed E-state index contributed by atoms with van der Waals surface area (Å²) in [6.45, 7) is 12.3. The van der Waals surface area contributed by atoms with Gasteiger partial charge in [-0.2, -0.15) is 0 Å². The number of aryl methyl sites for hydroxylation is 1. The van der Waals surface area contributed by atoms with Crippen LogP contribution in [0.1, 0.15) is 32.8 Å². The molecule has 0 saturated heterocycles. The van der Waals surface area contributed by atoms with Gasteiger partial charge in [0.2, 0.25) is 0 Å². The van der Waals surface area contributed by atoms with Gasteiger partial charge < -0.3 is 10.2 Å². The SMILES string of the molecule is CCN(CC(C)(CC)CNC)c1ccccc1C. The van der Waals surface area contributed by atoms with Gasteiger partial charge in [-0.25, -0.2) is 0 Å². The van der Waals surface area contributed by atoms with Crippen LogP contribution in [0.5, 0.6) is 0 Å². The molecule has 1 rings (SSSR count). The molecule has 2 nitrogen and oxygen atoms in total. The van der Waals surface area contributed by atoms with Gasteiger partial charge >= 0.3 is 0 Å². The van der Waals surface area contributed by atoms with Gasteiger partial charge in [0.1, 0.15) is 0 Å². The van der Waals surface area contributed by atoms with Crippen LogP contribution in [0.15, 0.2) is 24.3 Å². The highest BCUT2D eigenvalue weighted by Crippen LogP contribution is 2.27. The van der Waals surface area contributed by atoms with Crippen molar-refractivity contribution in [1.82, 2.24) is 5.32 Å². The average Bonchev–Trinajstić information content (AvgIpc) is 2.37. The number of benzene rings is 1. The lowest BCUT2D eigenvalue weighted by Gasteiger charge is -2.36. The molecule has 0 aromatic heterocycles. The van der Waals surface area contributed by atoms with Crippen molar-refractivity contribution in [1.29, 1.82) is 0 Å². The van der Waals surface area contributed by atoms with Crippen molar-refractivity contribution in [2.45, 2.75) is 34.1 Å². The Morgan fingerprint density at radius 2 is 1.89 bits per heavy atom. The largest absolute Gasteiger partial charge is 0.371 e. The second kappa shape index (κ2) is 6.79. The Morgan fingerprint density at radius 3 is 2.39 bits per heavy atom. The molecule has 0 bridgehead atoms. The van der Waals surface area contributed by atoms with E-state index in [0.29, 0.717) is 5.41 Å². The van der Waals surface area contributed by atoms with Gasteiger partial charge in [-0.15, -0.1) is 0 Å². The minimum Gasteiger partial charge on any atom is -0.371 e. The highest BCUT2D eigenvalue weighted by atomic mass is 15.1. The second-order valence-corrected chi connectivity index (χ2v) is 5.50. The van der Waals surface area contributed by atoms with Gasteiger partial charge in [0.05, 0.1) is 0 Å². The van der Waals surface area contributed by atoms with Crippen LogP contribution >= 0.6 is 0 Å². The first-order valence-electron chi connectivity index (χ1n) is 7.01. The molecule has 0 fully saturated rings. The van der Waals surface area contributed by atoms with Crippen molar-refractivity contribution < 1.29 is 0 Å². The number of rotatable bonds is 7. The Morgan fingerprint density at radius 1 is 1.22 bits per heavy atom. The van der Waals surface area contributed by atoms with E-state index < -0.39 is 0 Å². The van der Waals surface area contributed by atoms with Gasteiger partial charge in [0.15, 0.2) is 0 Å². The third-order valence-corrected chi connectivity index (χ3v) is 3.87. The maximum atomic E-state index is 3.33. The topological polar surface area (TPSA) is 15.3 Å². The molecule has 1 unspecified atom stereocenters. The van der Waals surface area contributed by atoms with Crippen LogP contribution in [-0.2, 0) is 0 Å². The van der Waals surface area contributed by atoms with Crippen molar-refractivity contribution in [3.05, 3.63) is 29.8 Å². The average molecular weight is 248 g/mol. The highest BCUT2D eigenvalue weighted by Gasteiger charge is 2.24. The number of para-hydroxylation sites is 1. The van der Waals surface area contributed by atoms with Crippen LogP contribution in [0.25, 0.3) is 0 Å². The third-order valence-electron chi connectivity index (χ3n) is 3.87. The van der Waals surface area contributed by atoms with Crippen LogP contribution in [0.3, 0.4) is 0 Å². The molecule has 1 N–H and O–H groups in total. The monoisotopic (exact) mass is 248 g/mol. The summed E-state index contributed by atoms with van der Waals surface area (Å²) in [6.07, 6.45) is 1.19. The van der Waals surface area contributed by atoms with E-state index in [0.717, 1.165) is 19.6 Å². The van der Waals surface area contributed by atoms with E-state index in [-0.39, 0.29) is 0 Å². The summed E-state index contributed by atoms with van der Waals surface area (Å²) >= 11 is 0. The number of nitrogens with zero attached hydrogens (tertiary/aromatic N) is 1. The molecule has 0 aliphatic heterocycles. The second-order valence-electron chi connectivity index (χ2n) is 5.50. The Balaban J connectivity index is 2.88. The van der Waals surface area contributed by atoms with Crippen LogP contribution < -0.4 is 10.2 Å². The molecular weight excluding hydrogens is 220 g/mol. The molecule has 18 heavy (non-hydrogen) atoms. The lowest BCUT2D eigenvalue weighted by atomic mass is 9.86. The molecule has 0 aliphatic rings. The first kappa shape index (κ1) is 15.0. The van der Waals surface area contributed by atoms with E-state index >= 15 is 0 Å². The summed E-state index contributed by atoms with van der Waals surface area (Å²) in [5.74, 6) is 0. The molecule has 0 heterocycles. The summed E-state index contributed by atoms with van der Waals surface area (Å²) in [7, 11) is 2.04. The van der Waals surface area contributed by atoms with Crippen LogP contribution in [0, 0.1) is 12.3 Å². The molecule has 1 aromatic rings. The summed E-state index contributed by atoms with van der Waals surface area (Å²) < 4.78 is 0. The number of nitrogens with one attached hydrogen (secondary N) is 1. The molecule has 102 valence electrons. The van der Waals surface area contributed by atoms with Crippen molar-refractivity contribution in [3.63, 3.8) is 0 Å². The predicted octanol–water partition coefficient (Wildman–Crippen LogP) is 3.46. The first-order chi connectivity index (χ1) is 8.56. The maximum Gasteiger partial charge on any atom is 0.0396 e. The smallest absolute Gasteiger partial charge is 0.0396 e. The van der Waals surface area contributed by atoms with Crippen LogP contribution in [0.2, 0.25) is 0 Å². The molecule has 1 aromatic carbocycles. The first-order valence-corrected chi connectivity index (χ1v) is 7.01. The molecule has 2 heteroatoms. The van der Waals surface area contributed by atoms with Gasteiger partial charge in [-0.05, 0) is 44.4 Å². The fourth-order valence-corrected chi connectivity index (χ4v) is 2.47. The molecule has 1 atom stereocenters. The predicted molar refractivity (Wildman–Crippen MR) is 81.4 cm³/mol. The van der Waals surface area contributed by atoms with Crippen molar-refractivity contribution in [2.75, 3.05) is 31.6 Å². The standard InChI is InChI=1S/C16H28N2/c1-6-16(4,12-17-5)13-18(7-2)15-11-9-8-10-14(15)3/h8-11,17H,6-7,12-13H2,1-5H3. The molecule has 0 aliphatic carbocycles. The Bertz CT molecular complexity index is 362. The summed E-state index contributed by atoms with van der Waals surface area (Å²) in [6, 6.07) is 8.67. The molecule has 0 amide bonds. The molecular formula is C16H28N2. The van der Waals surface area contributed by atoms with Crippen LogP contribution in [-0.4, -0.2) is 26.7 Å². The minimum atomic E-state index is 0.326. The number of hydrogen-bond acceptors (Lipinski definition) is 2. The van der Waals surface area contributed by atoms with Crippen molar-refractivity contribution >= 4 is 5.69 Å². The van der Waals surface area contributed by atoms with Crippen LogP contribution in [0.4, 0.5) is 5.69 Å². The fraction of sp³-hybridized carbons (Fsp3) is 0.625. The Hall–Kier alpha value is -1.02. The van der Waals surface area contributed by atoms with E-state index in [4.69, 9.17) is 0 Å². The normalized spacial score (nSPS) is 14.3. The summed E-state index contributed by atoms with van der Waals surface area (Å²) in [5.41, 5.74) is 3.06. The van der Waals surface area contributed by atoms with E-state index in [9.17, 15) is 0 Å². The Kier molecular flexibility index (Phi) is 5.67. The highest BCUT2D eigenvalue weighted by molar-refractivity contribution is 5.53. The minimum absolute atomic E-state index is 0.326. The lowest BCUT2D eigenvalue weighted by molar-refractivity contribution is 0.304. The Labute approximate surface area is 112 Å². The third kappa shape index (κ3) is 3.74. The zero-order valence-electron chi connectivity index (χ0n) is 12.6. The van der Waals surface area contributed by atoms with Gasteiger partial charge in [0, 0.05) is 25.3 Å². The van der Waals surface area contributed by atoms with Gasteiger partial charge in [-0.1, -0.05) is 32.0 Å². The molecule has 0 radical (unpaired) electrons. The lowest BCUT2D eigenvalue weighted by Crippen LogP contribution is -2.41. The molecule has 0 saturated carbocycles. The number of anilines is 1. The zero-order chi connectivity index (χ0) is 13.6. The van der Waals surface area contributed by atoms with Crippen molar-refractivity contribution in [3.8, 4) is 0 Å². The van der Waals surface area contributed by atoms with E-state index in [1.54, 1.807) is 0 Å². The van der Waals surface area contributed by atoms with Gasteiger partial charge in [-0.3, -0.25) is 0 Å². The quantitative estimate of drug-likeness (QED) is 0.795. The molecule has 0 spiro atoms. The van der Waals surface area contributed by atoms with Crippen molar-refractivity contribution in [2.24, 2.45) is 5.41 Å². The summed E-state index contributed by atoms with van der Waals surface area (Å²) in [5, 5.41) is 3.33. The van der Waals surface area contributed by atoms with E-state index in [1.165, 1.54) is 17.7 Å². The number of hydrogen-bond donors (Lipinski definition) is 1. The summed E-state index contributed by atoms with van der Waals surface area (Å²) in [4.78, 5) is 2.50. The van der Waals surface area contributed by atoms with Gasteiger partial charge in [0.25, 0.3) is 0 Å². The zero-order valence-corrected chi connectivity index (χ0v) is 12.6. The maximum absolute atomic E-state index is 3.33. The van der Waals surface area contributed by atoms with E-state index in [2.05, 4.69) is 62.2 Å². The fourth-order valence-electron chi connectivity index (χ4n) is 2.47. The van der Waals surface area contributed by atoms with E-state index in [1.807, 2.05) is 7.05 Å².